The van der Waals surface area contributed by atoms with E-state index in [0.29, 0.717) is 40.5 Å². The molecule has 0 saturated heterocycles. The summed E-state index contributed by atoms with van der Waals surface area (Å²) in [5, 5.41) is 7.49. The molecular weight excluding hydrogens is 343 g/mol. The van der Waals surface area contributed by atoms with E-state index in [-0.39, 0.29) is 5.91 Å². The van der Waals surface area contributed by atoms with Crippen LogP contribution in [-0.2, 0) is 11.2 Å². The van der Waals surface area contributed by atoms with Crippen LogP contribution in [0.1, 0.15) is 10.4 Å². The minimum absolute atomic E-state index is 0.233. The van der Waals surface area contributed by atoms with E-state index in [0.717, 1.165) is 10.4 Å². The zero-order valence-corrected chi connectivity index (χ0v) is 13.8. The molecule has 1 aromatic heterocycles. The number of aliphatic imine (C=N–C) groups is 1. The number of nitrogens with one attached hydrogen (secondary N) is 3. The molecule has 8 heteroatoms. The van der Waals surface area contributed by atoms with Gasteiger partial charge in [0, 0.05) is 13.0 Å². The lowest BCUT2D eigenvalue weighted by Crippen LogP contribution is -2.33. The highest BCUT2D eigenvalue weighted by Gasteiger charge is 2.21. The number of benzene rings is 1. The van der Waals surface area contributed by atoms with Crippen molar-refractivity contribution in [3.8, 4) is 0 Å². The van der Waals surface area contributed by atoms with Crippen LogP contribution in [0.4, 0.5) is 5.13 Å². The second-order valence-corrected chi connectivity index (χ2v) is 6.61. The molecule has 5 nitrogen and oxygen atoms in total. The summed E-state index contributed by atoms with van der Waals surface area (Å²) in [4.78, 5) is 20.1. The molecule has 22 heavy (non-hydrogen) atoms. The number of hydrogen-bond donors (Lipinski definition) is 2. The summed E-state index contributed by atoms with van der Waals surface area (Å²) in [6.45, 7) is 1.34. The van der Waals surface area contributed by atoms with Gasteiger partial charge in [-0.25, -0.2) is 9.78 Å². The Kier molecular flexibility index (Phi) is 4.61. The first-order valence-corrected chi connectivity index (χ1v) is 8.23. The third-order valence-corrected chi connectivity index (χ3v) is 4.92. The number of nitrogens with zero attached hydrogens (tertiary/aromatic N) is 1. The molecule has 1 amide bonds. The fourth-order valence-corrected chi connectivity index (χ4v) is 3.33. The number of amidine groups is 1. The van der Waals surface area contributed by atoms with Gasteiger partial charge in [-0.3, -0.25) is 4.99 Å². The second kappa shape index (κ2) is 6.64. The van der Waals surface area contributed by atoms with Gasteiger partial charge in [-0.15, -0.1) is 0 Å². The Bertz CT molecular complexity index is 744. The topological polar surface area (TPSA) is 67.6 Å². The summed E-state index contributed by atoms with van der Waals surface area (Å²) in [5.74, 6) is 0.143. The van der Waals surface area contributed by atoms with E-state index >= 15 is 0 Å². The summed E-state index contributed by atoms with van der Waals surface area (Å²) < 4.78 is 0. The molecule has 0 saturated carbocycles. The van der Waals surface area contributed by atoms with Crippen molar-refractivity contribution in [1.82, 2.24) is 5.32 Å². The van der Waals surface area contributed by atoms with Gasteiger partial charge in [0.25, 0.3) is 0 Å². The second-order valence-electron chi connectivity index (χ2n) is 4.69. The first kappa shape index (κ1) is 15.3. The molecule has 3 rings (SSSR count). The van der Waals surface area contributed by atoms with Crippen LogP contribution in [0.3, 0.4) is 0 Å². The van der Waals surface area contributed by atoms with E-state index in [4.69, 9.17) is 23.2 Å². The van der Waals surface area contributed by atoms with Crippen LogP contribution in [-0.4, -0.2) is 24.8 Å². The number of aromatic amines is 1. The third-order valence-electron chi connectivity index (χ3n) is 3.11. The summed E-state index contributed by atoms with van der Waals surface area (Å²) >= 11 is 13.7. The van der Waals surface area contributed by atoms with Gasteiger partial charge in [0.1, 0.15) is 6.20 Å². The highest BCUT2D eigenvalue weighted by Crippen LogP contribution is 2.28. The van der Waals surface area contributed by atoms with Gasteiger partial charge in [-0.05, 0) is 11.6 Å². The quantitative estimate of drug-likeness (QED) is 0.883. The zero-order chi connectivity index (χ0) is 15.5. The minimum Gasteiger partial charge on any atom is -0.362 e. The number of halogens is 2. The molecule has 1 aliphatic rings. The number of thiazole rings is 1. The molecule has 0 unspecified atom stereocenters. The molecule has 0 radical (unpaired) electrons. The van der Waals surface area contributed by atoms with Gasteiger partial charge >= 0.3 is 11.0 Å². The summed E-state index contributed by atoms with van der Waals surface area (Å²) in [5.41, 5.74) is 0.948. The molecule has 0 aliphatic carbocycles. The first-order valence-electron chi connectivity index (χ1n) is 6.66. The standard InChI is InChI=1S/C14H12Cl2N4OS/c15-10-3-1-2-8(11(10)16)6-9-7-19-14(22-9)20-13(21)12-17-4-5-18-12/h1-3,7H,4-6H2,(H,17,18)(H,19,20,21)/p+1. The average Bonchev–Trinajstić information content (AvgIpc) is 3.15. The van der Waals surface area contributed by atoms with Crippen molar-refractivity contribution >= 4 is 51.4 Å². The molecule has 0 spiro atoms. The van der Waals surface area contributed by atoms with Gasteiger partial charge in [-0.1, -0.05) is 46.7 Å². The van der Waals surface area contributed by atoms with E-state index in [2.05, 4.69) is 20.6 Å². The molecule has 2 aromatic rings. The van der Waals surface area contributed by atoms with Crippen molar-refractivity contribution in [1.29, 1.82) is 0 Å². The van der Waals surface area contributed by atoms with E-state index in [1.807, 2.05) is 18.3 Å². The Morgan fingerprint density at radius 3 is 3.09 bits per heavy atom. The number of anilines is 1. The molecule has 0 fully saturated rings. The van der Waals surface area contributed by atoms with E-state index in [1.54, 1.807) is 6.07 Å². The van der Waals surface area contributed by atoms with Crippen LogP contribution in [0.2, 0.25) is 10.0 Å². The van der Waals surface area contributed by atoms with Crippen molar-refractivity contribution in [2.45, 2.75) is 6.42 Å². The Balaban J connectivity index is 1.68. The first-order chi connectivity index (χ1) is 10.6. The summed E-state index contributed by atoms with van der Waals surface area (Å²) in [6.07, 6.45) is 2.50. The predicted octanol–water partition coefficient (Wildman–Crippen LogP) is 2.40. The van der Waals surface area contributed by atoms with Crippen molar-refractivity contribution in [3.05, 3.63) is 44.9 Å². The van der Waals surface area contributed by atoms with Gasteiger partial charge in [0.05, 0.1) is 21.5 Å². The maximum absolute atomic E-state index is 11.9. The van der Waals surface area contributed by atoms with E-state index < -0.39 is 0 Å². The van der Waals surface area contributed by atoms with Crippen LogP contribution in [0.5, 0.6) is 0 Å². The van der Waals surface area contributed by atoms with Crippen molar-refractivity contribution in [2.24, 2.45) is 4.99 Å². The number of aromatic nitrogens is 1. The minimum atomic E-state index is -0.233. The largest absolute Gasteiger partial charge is 0.374 e. The maximum atomic E-state index is 11.9. The number of amides is 1. The molecule has 0 bridgehead atoms. The number of H-pyrrole nitrogens is 1. The number of hydrogen-bond acceptors (Lipinski definition) is 4. The van der Waals surface area contributed by atoms with Crippen LogP contribution in [0, 0.1) is 0 Å². The zero-order valence-electron chi connectivity index (χ0n) is 11.5. The number of carbonyl (C=O) groups excluding carboxylic acids is 1. The lowest BCUT2D eigenvalue weighted by Gasteiger charge is -2.02. The highest BCUT2D eigenvalue weighted by molar-refractivity contribution is 7.15. The molecule has 3 N–H and O–H groups in total. The van der Waals surface area contributed by atoms with Gasteiger partial charge in [-0.2, -0.15) is 5.32 Å². The predicted molar refractivity (Wildman–Crippen MR) is 89.1 cm³/mol. The number of carbonyl (C=O) groups is 1. The molecule has 114 valence electrons. The lowest BCUT2D eigenvalue weighted by molar-refractivity contribution is -0.354. The monoisotopic (exact) mass is 355 g/mol. The van der Waals surface area contributed by atoms with Crippen molar-refractivity contribution < 1.29 is 9.78 Å². The molecule has 0 atom stereocenters. The average molecular weight is 356 g/mol. The Morgan fingerprint density at radius 1 is 1.45 bits per heavy atom. The molecular formula is C14H13Cl2N4OS+. The van der Waals surface area contributed by atoms with Crippen molar-refractivity contribution in [2.75, 3.05) is 18.4 Å². The Labute approximate surface area is 141 Å². The summed E-state index contributed by atoms with van der Waals surface area (Å²) in [6, 6.07) is 5.56. The fourth-order valence-electron chi connectivity index (χ4n) is 2.07. The van der Waals surface area contributed by atoms with E-state index in [9.17, 15) is 4.79 Å². The molecule has 1 aliphatic heterocycles. The van der Waals surface area contributed by atoms with Crippen LogP contribution in [0.25, 0.3) is 0 Å². The highest BCUT2D eigenvalue weighted by atomic mass is 35.5. The van der Waals surface area contributed by atoms with Crippen LogP contribution in [0.15, 0.2) is 29.4 Å². The van der Waals surface area contributed by atoms with Crippen LogP contribution < -0.4 is 15.6 Å². The molecule has 1 aromatic carbocycles. The maximum Gasteiger partial charge on any atom is 0.374 e. The Hall–Kier alpha value is -1.63. The van der Waals surface area contributed by atoms with Gasteiger partial charge in [0.2, 0.25) is 5.84 Å². The Morgan fingerprint density at radius 2 is 2.32 bits per heavy atom. The molecule has 2 heterocycles. The van der Waals surface area contributed by atoms with Gasteiger partial charge in [0.15, 0.2) is 0 Å². The fraction of sp³-hybridized carbons (Fsp3) is 0.214. The smallest absolute Gasteiger partial charge is 0.362 e. The van der Waals surface area contributed by atoms with Crippen molar-refractivity contribution in [3.63, 3.8) is 0 Å². The van der Waals surface area contributed by atoms with Gasteiger partial charge < -0.3 is 5.32 Å². The summed E-state index contributed by atoms with van der Waals surface area (Å²) in [7, 11) is 0. The lowest BCUT2D eigenvalue weighted by atomic mass is 10.1. The normalized spacial score (nSPS) is 13.6. The SMILES string of the molecule is O=C(Nc1[nH+]cc(Cc2cccc(Cl)c2Cl)s1)C1=NCCN1. The van der Waals surface area contributed by atoms with E-state index in [1.165, 1.54) is 11.3 Å². The van der Waals surface area contributed by atoms with Crippen LogP contribution >= 0.6 is 34.5 Å². The number of rotatable bonds is 4. The third kappa shape index (κ3) is 3.40.